The second kappa shape index (κ2) is 19.7. The highest BCUT2D eigenvalue weighted by Crippen LogP contribution is 2.49. The molecule has 7 rings (SSSR count). The van der Waals surface area contributed by atoms with Crippen molar-refractivity contribution in [2.45, 2.75) is 29.4 Å². The molecule has 0 aliphatic heterocycles. The van der Waals surface area contributed by atoms with Gasteiger partial charge in [-0.25, -0.2) is 0 Å². The minimum Gasteiger partial charge on any atom is -0.505 e. The largest absolute Gasteiger partial charge is 0.505 e. The maximum absolute atomic E-state index is 12.7. The Hall–Kier alpha value is -7.14. The Balaban J connectivity index is 1.30. The molecule has 0 amide bonds. The van der Waals surface area contributed by atoms with Gasteiger partial charge in [0, 0.05) is 16.3 Å². The molecule has 0 fully saturated rings. The summed E-state index contributed by atoms with van der Waals surface area (Å²) in [5.74, 6) is -2.05. The number of aromatic nitrogens is 6. The Morgan fingerprint density at radius 3 is 1.51 bits per heavy atom. The van der Waals surface area contributed by atoms with Crippen molar-refractivity contribution in [1.29, 1.82) is 0 Å². The zero-order valence-corrected chi connectivity index (χ0v) is 41.5. The fraction of sp³-hybridized carbons (Fsp3) is 0. The van der Waals surface area contributed by atoms with E-state index in [-0.39, 0.29) is 40.0 Å². The second-order valence-electron chi connectivity index (χ2n) is 14.0. The molecule has 0 bridgehead atoms. The van der Waals surface area contributed by atoms with Crippen LogP contribution in [0.2, 0.25) is 10.6 Å². The van der Waals surface area contributed by atoms with Gasteiger partial charge in [-0.05, 0) is 95.3 Å². The Kier molecular flexibility index (Phi) is 14.5. The quantitative estimate of drug-likeness (QED) is 0.0243. The number of fused-ring (bicyclic) bond motifs is 1. The summed E-state index contributed by atoms with van der Waals surface area (Å²) in [7, 11) is -26.6. The summed E-state index contributed by atoms with van der Waals surface area (Å²) in [6.07, 6.45) is 0. The Bertz CT molecular complexity index is 4120. The molecule has 382 valence electrons. The molecule has 39 heteroatoms. The number of halogens is 2. The van der Waals surface area contributed by atoms with Crippen LogP contribution in [-0.2, 0) is 50.6 Å². The number of phenols is 1. The molecule has 13 N–H and O–H groups in total. The highest BCUT2D eigenvalue weighted by Gasteiger charge is 2.29. The molecule has 0 aliphatic rings. The minimum absolute atomic E-state index is 0.0164. The summed E-state index contributed by atoms with van der Waals surface area (Å²) >= 11 is 16.5. The second-order valence-corrected chi connectivity index (χ2v) is 22.2. The van der Waals surface area contributed by atoms with Crippen LogP contribution in [0.5, 0.6) is 5.75 Å². The standard InChI is InChI=1S/C34H25Cl2N15O16S6/c35-29-42-31(38)46-34(43-29)41-16-9-13(1-4-19(16)68)39-32-44-30(36)45-33(47-32)40-14-2-5-20(70(56,57)58)17(10-14)48-51-27-23(73(65,66)67)8-12-7-22(72(62,63)64)26(25(37)24(12)28(27)52)50-49-18-11-15(69(53,54)55)3-6-21(18)71(59,60)61/h1-11,52,68H,37H2,(H,53,54,55)(H,56,57,58)(H,59,60,61)(H,62,63,64)(H,65,66,67)(H3,38,41,42,43,46)(H2,39,40,44,45,47). The average molecular weight is 1160 g/mol. The van der Waals surface area contributed by atoms with E-state index in [1.807, 2.05) is 0 Å². The number of nitrogens with two attached hydrogens (primary N) is 2. The summed E-state index contributed by atoms with van der Waals surface area (Å²) in [6.45, 7) is 0. The third kappa shape index (κ3) is 12.4. The van der Waals surface area contributed by atoms with Crippen molar-refractivity contribution in [2.24, 2.45) is 20.5 Å². The lowest BCUT2D eigenvalue weighted by atomic mass is 10.1. The number of benzene rings is 5. The highest BCUT2D eigenvalue weighted by atomic mass is 35.5. The van der Waals surface area contributed by atoms with Gasteiger partial charge in [0.25, 0.3) is 50.6 Å². The number of hydrogen-bond donors (Lipinski definition) is 12. The third-order valence-corrected chi connectivity index (χ3v) is 14.2. The molecule has 0 radical (unpaired) electrons. The fourth-order valence-corrected chi connectivity index (χ4v) is 9.69. The minimum atomic E-state index is -5.55. The zero-order chi connectivity index (χ0) is 53.7. The predicted molar refractivity (Wildman–Crippen MR) is 258 cm³/mol. The van der Waals surface area contributed by atoms with Crippen LogP contribution in [-0.4, -0.2) is 99.9 Å². The lowest BCUT2D eigenvalue weighted by Gasteiger charge is -2.14. The molecule has 0 unspecified atom stereocenters. The number of hydrogen-bond acceptors (Lipinski definition) is 27. The van der Waals surface area contributed by atoms with E-state index in [1.54, 1.807) is 12.1 Å². The van der Waals surface area contributed by atoms with Crippen LogP contribution >= 0.6 is 35.8 Å². The van der Waals surface area contributed by atoms with Crippen molar-refractivity contribution in [3.05, 3.63) is 77.3 Å². The topological polar surface area (TPSA) is 507 Å². The molecule has 7 aromatic rings. The van der Waals surface area contributed by atoms with Crippen molar-refractivity contribution < 1.29 is 70.0 Å². The first-order valence-corrected chi connectivity index (χ1v) is 27.0. The molecule has 5 aromatic carbocycles. The third-order valence-electron chi connectivity index (χ3n) is 9.12. The van der Waals surface area contributed by atoms with Crippen LogP contribution in [0.25, 0.3) is 10.8 Å². The van der Waals surface area contributed by atoms with Gasteiger partial charge in [0.1, 0.15) is 42.3 Å². The number of aromatic hydroxyl groups is 1. The van der Waals surface area contributed by atoms with E-state index >= 15 is 0 Å². The van der Waals surface area contributed by atoms with E-state index in [1.165, 1.54) is 6.07 Å². The van der Waals surface area contributed by atoms with Crippen molar-refractivity contribution >= 4 is 166 Å². The van der Waals surface area contributed by atoms with Gasteiger partial charge < -0.3 is 32.5 Å². The molecular formula is C34H25Cl2N15O16S6. The maximum Gasteiger partial charge on any atom is 0.296 e. The van der Waals surface area contributed by atoms with E-state index in [2.05, 4.69) is 78.9 Å². The predicted octanol–water partition coefficient (Wildman–Crippen LogP) is 5.97. The molecule has 0 saturated carbocycles. The molecule has 31 nitrogen and oxygen atoms in total. The van der Waals surface area contributed by atoms with E-state index in [4.69, 9.17) is 34.7 Å². The van der Waals surface area contributed by atoms with Crippen molar-refractivity contribution in [2.75, 3.05) is 27.4 Å². The van der Waals surface area contributed by atoms with Crippen molar-refractivity contribution in [3.63, 3.8) is 0 Å². The van der Waals surface area contributed by atoms with E-state index in [0.29, 0.717) is 46.6 Å². The van der Waals surface area contributed by atoms with Gasteiger partial charge in [0.05, 0.1) is 21.7 Å². The highest BCUT2D eigenvalue weighted by molar-refractivity contribution is 7.87. The van der Waals surface area contributed by atoms with E-state index in [0.717, 1.165) is 18.2 Å². The fourth-order valence-electron chi connectivity index (χ4n) is 6.13. The number of azo groups is 2. The molecule has 0 saturated heterocycles. The van der Waals surface area contributed by atoms with Crippen LogP contribution in [0.3, 0.4) is 0 Å². The average Bonchev–Trinajstić information content (AvgIpc) is 3.24. The molecule has 0 spiro atoms. The van der Waals surface area contributed by atoms with Crippen LogP contribution in [0.15, 0.2) is 117 Å². The first kappa shape index (κ1) is 53.7. The SMILES string of the molecule is Nc1nc(Cl)nc(Nc2cc(Nc3nc(Cl)nc(Nc4ccc(S(=O)(=O)O)c(N=Nc5c(S(=O)(=O)O)cc6cc(S(=O)(=O)O)c(N=Nc7cc(S(=O)(=O)O)ccc7S(=O)(=O)O)c(N)c6c5O)c4)n3)ccc2S)n1. The van der Waals surface area contributed by atoms with Crippen LogP contribution < -0.4 is 27.4 Å². The number of rotatable bonds is 15. The Labute approximate surface area is 424 Å². The zero-order valence-electron chi connectivity index (χ0n) is 35.0. The monoisotopic (exact) mass is 1160 g/mol. The summed E-state index contributed by atoms with van der Waals surface area (Å²) < 4.78 is 173. The molecule has 2 aromatic heterocycles. The van der Waals surface area contributed by atoms with Crippen LogP contribution in [0, 0.1) is 0 Å². The van der Waals surface area contributed by atoms with Crippen molar-refractivity contribution in [1.82, 2.24) is 29.9 Å². The van der Waals surface area contributed by atoms with Gasteiger partial charge in [0.2, 0.25) is 34.4 Å². The van der Waals surface area contributed by atoms with Crippen LogP contribution in [0.4, 0.5) is 69.3 Å². The number of nitrogens with one attached hydrogen (secondary N) is 3. The summed E-state index contributed by atoms with van der Waals surface area (Å²) in [5, 5.41) is 32.1. The number of nitrogen functional groups attached to an aromatic ring is 2. The van der Waals surface area contributed by atoms with Gasteiger partial charge in [-0.1, -0.05) is 0 Å². The van der Waals surface area contributed by atoms with Gasteiger partial charge in [0.15, 0.2) is 5.75 Å². The smallest absolute Gasteiger partial charge is 0.296 e. The van der Waals surface area contributed by atoms with Gasteiger partial charge >= 0.3 is 0 Å². The van der Waals surface area contributed by atoms with Gasteiger partial charge in [-0.3, -0.25) is 22.8 Å². The van der Waals surface area contributed by atoms with Gasteiger partial charge in [-0.15, -0.1) is 33.1 Å². The number of phenolic OH excluding ortho intramolecular Hbond substituents is 1. The lowest BCUT2D eigenvalue weighted by Crippen LogP contribution is -2.06. The first-order valence-electron chi connectivity index (χ1n) is 18.6. The van der Waals surface area contributed by atoms with Crippen LogP contribution in [0.1, 0.15) is 0 Å². The number of anilines is 8. The molecule has 2 heterocycles. The molecular weight excluding hydrogens is 1140 g/mol. The van der Waals surface area contributed by atoms with Gasteiger partial charge in [-0.2, -0.15) is 72.0 Å². The van der Waals surface area contributed by atoms with Crippen molar-refractivity contribution in [3.8, 4) is 5.75 Å². The summed E-state index contributed by atoms with van der Waals surface area (Å²) in [5.41, 5.74) is 7.04. The summed E-state index contributed by atoms with van der Waals surface area (Å²) in [6, 6.07) is 9.66. The van der Waals surface area contributed by atoms with E-state index < -0.39 is 120 Å². The lowest BCUT2D eigenvalue weighted by molar-refractivity contribution is 0.472. The molecule has 0 atom stereocenters. The number of nitrogens with zero attached hydrogens (tertiary/aromatic N) is 10. The molecule has 73 heavy (non-hydrogen) atoms. The first-order chi connectivity index (χ1) is 33.8. The summed E-state index contributed by atoms with van der Waals surface area (Å²) in [4.78, 5) is 18.3. The maximum atomic E-state index is 12.7. The molecule has 0 aliphatic carbocycles. The van der Waals surface area contributed by atoms with E-state index in [9.17, 15) is 70.0 Å². The Morgan fingerprint density at radius 2 is 0.973 bits per heavy atom. The number of thiol groups is 1. The Morgan fingerprint density at radius 1 is 0.507 bits per heavy atom. The normalized spacial score (nSPS) is 12.7.